The summed E-state index contributed by atoms with van der Waals surface area (Å²) in [5.41, 5.74) is 2.45. The van der Waals surface area contributed by atoms with Gasteiger partial charge in [-0.25, -0.2) is 4.79 Å². The summed E-state index contributed by atoms with van der Waals surface area (Å²) in [6, 6.07) is 17.1. The molecule has 3 aromatic rings. The second kappa shape index (κ2) is 9.01. The van der Waals surface area contributed by atoms with Crippen LogP contribution >= 0.6 is 11.6 Å². The maximum absolute atomic E-state index is 12.5. The Balaban J connectivity index is 1.78. The molecule has 0 aliphatic rings. The Kier molecular flexibility index (Phi) is 6.24. The Morgan fingerprint density at radius 2 is 1.79 bits per heavy atom. The van der Waals surface area contributed by atoms with Gasteiger partial charge < -0.3 is 15.4 Å². The van der Waals surface area contributed by atoms with Gasteiger partial charge in [-0.3, -0.25) is 9.78 Å². The Labute approximate surface area is 167 Å². The van der Waals surface area contributed by atoms with Crippen molar-refractivity contribution < 1.29 is 14.3 Å². The maximum atomic E-state index is 12.5. The Morgan fingerprint density at radius 1 is 1.04 bits per heavy atom. The van der Waals surface area contributed by atoms with E-state index < -0.39 is 5.97 Å². The molecule has 0 saturated carbocycles. The van der Waals surface area contributed by atoms with E-state index in [2.05, 4.69) is 15.6 Å². The van der Waals surface area contributed by atoms with Crippen LogP contribution in [0, 0.1) is 0 Å². The van der Waals surface area contributed by atoms with Crippen LogP contribution in [0.5, 0.6) is 0 Å². The summed E-state index contributed by atoms with van der Waals surface area (Å²) in [6.07, 6.45) is 1.52. The number of amides is 1. The molecule has 0 unspecified atom stereocenters. The summed E-state index contributed by atoms with van der Waals surface area (Å²) in [7, 11) is 0. The van der Waals surface area contributed by atoms with Crippen molar-refractivity contribution in [1.82, 2.24) is 4.98 Å². The van der Waals surface area contributed by atoms with Gasteiger partial charge in [0.25, 0.3) is 5.91 Å². The van der Waals surface area contributed by atoms with Crippen LogP contribution in [0.4, 0.5) is 17.1 Å². The first-order chi connectivity index (χ1) is 13.6. The number of carbonyl (C=O) groups is 2. The van der Waals surface area contributed by atoms with Gasteiger partial charge in [0.2, 0.25) is 0 Å². The molecule has 0 radical (unpaired) electrons. The van der Waals surface area contributed by atoms with Gasteiger partial charge in [0.05, 0.1) is 17.9 Å². The molecule has 2 aromatic carbocycles. The summed E-state index contributed by atoms with van der Waals surface area (Å²) in [6.45, 7) is 2.04. The number of aromatic nitrogens is 1. The van der Waals surface area contributed by atoms with E-state index in [4.69, 9.17) is 16.3 Å². The zero-order valence-corrected chi connectivity index (χ0v) is 15.9. The minimum Gasteiger partial charge on any atom is -0.462 e. The number of ether oxygens (including phenoxy) is 1. The summed E-state index contributed by atoms with van der Waals surface area (Å²) >= 11 is 5.85. The van der Waals surface area contributed by atoms with Crippen LogP contribution in [-0.4, -0.2) is 23.5 Å². The van der Waals surface area contributed by atoms with E-state index >= 15 is 0 Å². The molecule has 0 atom stereocenters. The summed E-state index contributed by atoms with van der Waals surface area (Å²) in [5, 5.41) is 6.49. The lowest BCUT2D eigenvalue weighted by Crippen LogP contribution is -2.14. The molecule has 1 amide bonds. The second-order valence-corrected chi connectivity index (χ2v) is 6.22. The molecule has 0 saturated heterocycles. The van der Waals surface area contributed by atoms with Crippen molar-refractivity contribution in [1.29, 1.82) is 0 Å². The number of anilines is 3. The zero-order chi connectivity index (χ0) is 19.9. The number of para-hydroxylation sites is 1. The molecule has 28 heavy (non-hydrogen) atoms. The fourth-order valence-electron chi connectivity index (χ4n) is 2.50. The minimum absolute atomic E-state index is 0.230. The number of carbonyl (C=O) groups excluding carboxylic acids is 2. The van der Waals surface area contributed by atoms with Crippen LogP contribution in [-0.2, 0) is 4.74 Å². The van der Waals surface area contributed by atoms with E-state index in [-0.39, 0.29) is 18.2 Å². The van der Waals surface area contributed by atoms with Crippen LogP contribution in [0.1, 0.15) is 27.8 Å². The first-order valence-electron chi connectivity index (χ1n) is 8.63. The molecule has 0 fully saturated rings. The number of hydrogen-bond acceptors (Lipinski definition) is 5. The summed E-state index contributed by atoms with van der Waals surface area (Å²) < 4.78 is 5.08. The van der Waals surface area contributed by atoms with Gasteiger partial charge in [-0.2, -0.15) is 0 Å². The maximum Gasteiger partial charge on any atom is 0.340 e. The second-order valence-electron chi connectivity index (χ2n) is 5.78. The molecular weight excluding hydrogens is 378 g/mol. The summed E-state index contributed by atoms with van der Waals surface area (Å²) in [5.74, 6) is -0.773. The van der Waals surface area contributed by atoms with Gasteiger partial charge in [-0.15, -0.1) is 0 Å². The molecule has 2 N–H and O–H groups in total. The number of rotatable bonds is 6. The minimum atomic E-state index is -0.416. The zero-order valence-electron chi connectivity index (χ0n) is 15.1. The molecule has 0 aliphatic carbocycles. The molecular formula is C21H18ClN3O3. The lowest BCUT2D eigenvalue weighted by molar-refractivity contribution is 0.0527. The molecule has 0 bridgehead atoms. The van der Waals surface area contributed by atoms with E-state index in [9.17, 15) is 9.59 Å². The fraction of sp³-hybridized carbons (Fsp3) is 0.0952. The van der Waals surface area contributed by atoms with Gasteiger partial charge in [0.1, 0.15) is 5.69 Å². The SMILES string of the molecule is CCOC(=O)c1ccccc1Nc1ccnc(C(=O)Nc2ccc(Cl)cc2)c1. The molecule has 7 heteroatoms. The topological polar surface area (TPSA) is 80.3 Å². The smallest absolute Gasteiger partial charge is 0.340 e. The monoisotopic (exact) mass is 395 g/mol. The van der Waals surface area contributed by atoms with Gasteiger partial charge in [0.15, 0.2) is 0 Å². The largest absolute Gasteiger partial charge is 0.462 e. The first-order valence-corrected chi connectivity index (χ1v) is 9.00. The van der Waals surface area contributed by atoms with Gasteiger partial charge >= 0.3 is 5.97 Å². The predicted octanol–water partition coefficient (Wildman–Crippen LogP) is 4.91. The highest BCUT2D eigenvalue weighted by Crippen LogP contribution is 2.22. The third kappa shape index (κ3) is 4.86. The number of hydrogen-bond donors (Lipinski definition) is 2. The quantitative estimate of drug-likeness (QED) is 0.580. The Bertz CT molecular complexity index is 990. The highest BCUT2D eigenvalue weighted by Gasteiger charge is 2.13. The molecule has 142 valence electrons. The van der Waals surface area contributed by atoms with Crippen LogP contribution in [0.15, 0.2) is 66.9 Å². The summed E-state index contributed by atoms with van der Waals surface area (Å²) in [4.78, 5) is 28.7. The van der Waals surface area contributed by atoms with E-state index in [0.29, 0.717) is 27.6 Å². The molecule has 1 aromatic heterocycles. The molecule has 0 aliphatic heterocycles. The van der Waals surface area contributed by atoms with E-state index in [1.54, 1.807) is 67.6 Å². The third-order valence-electron chi connectivity index (χ3n) is 3.80. The highest BCUT2D eigenvalue weighted by atomic mass is 35.5. The number of pyridine rings is 1. The molecule has 0 spiro atoms. The van der Waals surface area contributed by atoms with Crippen molar-refractivity contribution in [3.8, 4) is 0 Å². The van der Waals surface area contributed by atoms with Crippen LogP contribution in [0.2, 0.25) is 5.02 Å². The highest BCUT2D eigenvalue weighted by molar-refractivity contribution is 6.30. The van der Waals surface area contributed by atoms with Crippen molar-refractivity contribution in [3.05, 3.63) is 83.1 Å². The van der Waals surface area contributed by atoms with Crippen molar-refractivity contribution >= 4 is 40.5 Å². The lowest BCUT2D eigenvalue weighted by atomic mass is 10.1. The van der Waals surface area contributed by atoms with Crippen molar-refractivity contribution in [2.75, 3.05) is 17.2 Å². The van der Waals surface area contributed by atoms with Gasteiger partial charge in [-0.1, -0.05) is 23.7 Å². The number of benzene rings is 2. The lowest BCUT2D eigenvalue weighted by Gasteiger charge is -2.12. The molecule has 1 heterocycles. The van der Waals surface area contributed by atoms with Crippen LogP contribution in [0.3, 0.4) is 0 Å². The van der Waals surface area contributed by atoms with E-state index in [1.807, 2.05) is 0 Å². The van der Waals surface area contributed by atoms with Crippen molar-refractivity contribution in [3.63, 3.8) is 0 Å². The van der Waals surface area contributed by atoms with E-state index in [1.165, 1.54) is 6.20 Å². The number of esters is 1. The van der Waals surface area contributed by atoms with E-state index in [0.717, 1.165) is 0 Å². The molecule has 3 rings (SSSR count). The standard InChI is InChI=1S/C21H18ClN3O3/c1-2-28-21(27)17-5-3-4-6-18(17)24-16-11-12-23-19(13-16)20(26)25-15-9-7-14(22)8-10-15/h3-13H,2H2,1H3,(H,23,24)(H,25,26). The van der Waals surface area contributed by atoms with Crippen molar-refractivity contribution in [2.24, 2.45) is 0 Å². The Morgan fingerprint density at radius 3 is 2.54 bits per heavy atom. The van der Waals surface area contributed by atoms with Crippen LogP contribution < -0.4 is 10.6 Å². The van der Waals surface area contributed by atoms with Crippen molar-refractivity contribution in [2.45, 2.75) is 6.92 Å². The number of nitrogens with zero attached hydrogens (tertiary/aromatic N) is 1. The van der Waals surface area contributed by atoms with Crippen LogP contribution in [0.25, 0.3) is 0 Å². The Hall–Kier alpha value is -3.38. The fourth-order valence-corrected chi connectivity index (χ4v) is 2.62. The first kappa shape index (κ1) is 19.4. The molecule has 6 nitrogen and oxygen atoms in total. The predicted molar refractivity (Wildman–Crippen MR) is 109 cm³/mol. The average Bonchev–Trinajstić information content (AvgIpc) is 2.70. The average molecular weight is 396 g/mol. The number of halogens is 1. The van der Waals surface area contributed by atoms with Gasteiger partial charge in [-0.05, 0) is 55.5 Å². The number of nitrogens with one attached hydrogen (secondary N) is 2. The third-order valence-corrected chi connectivity index (χ3v) is 4.05. The van der Waals surface area contributed by atoms with Gasteiger partial charge in [0, 0.05) is 22.6 Å². The normalized spacial score (nSPS) is 10.2.